The molecule has 1 aliphatic rings. The Balaban J connectivity index is 1.60. The topological polar surface area (TPSA) is 54.3 Å². The van der Waals surface area contributed by atoms with Crippen LogP contribution in [0.15, 0.2) is 34.9 Å². The number of rotatable bonds is 4. The number of hydrogen-bond acceptors (Lipinski definition) is 4. The maximum absolute atomic E-state index is 5.63. The highest BCUT2D eigenvalue weighted by molar-refractivity contribution is 5.77. The van der Waals surface area contributed by atoms with Gasteiger partial charge in [-0.3, -0.25) is 4.90 Å². The van der Waals surface area contributed by atoms with E-state index in [0.717, 1.165) is 47.7 Å². The number of furan rings is 1. The van der Waals surface area contributed by atoms with Crippen molar-refractivity contribution >= 4 is 11.0 Å². The van der Waals surface area contributed by atoms with E-state index in [2.05, 4.69) is 35.9 Å². The molecule has 0 radical (unpaired) electrons. The Labute approximate surface area is 141 Å². The van der Waals surface area contributed by atoms with Crippen LogP contribution in [0.3, 0.4) is 0 Å². The van der Waals surface area contributed by atoms with E-state index in [4.69, 9.17) is 14.1 Å². The average molecular weight is 325 g/mol. The smallest absolute Gasteiger partial charge is 0.133 e. The van der Waals surface area contributed by atoms with Gasteiger partial charge in [-0.2, -0.15) is 0 Å². The van der Waals surface area contributed by atoms with Gasteiger partial charge in [-0.25, -0.2) is 4.98 Å². The Morgan fingerprint density at radius 3 is 2.96 bits per heavy atom. The summed E-state index contributed by atoms with van der Waals surface area (Å²) in [4.78, 5) is 10.6. The summed E-state index contributed by atoms with van der Waals surface area (Å²) in [5.74, 6) is 1.05. The van der Waals surface area contributed by atoms with Gasteiger partial charge in [-0.15, -0.1) is 0 Å². The number of fused-ring (bicyclic) bond motifs is 1. The first-order valence-corrected chi connectivity index (χ1v) is 8.40. The molecule has 0 unspecified atom stereocenters. The zero-order chi connectivity index (χ0) is 16.7. The Kier molecular flexibility index (Phi) is 3.90. The van der Waals surface area contributed by atoms with Gasteiger partial charge < -0.3 is 14.1 Å². The zero-order valence-electron chi connectivity index (χ0n) is 14.4. The van der Waals surface area contributed by atoms with Gasteiger partial charge in [-0.1, -0.05) is 6.07 Å². The molecule has 0 aliphatic carbocycles. The van der Waals surface area contributed by atoms with Crippen molar-refractivity contribution in [1.82, 2.24) is 14.9 Å². The number of aromatic nitrogens is 2. The first-order valence-electron chi connectivity index (χ1n) is 8.40. The van der Waals surface area contributed by atoms with Crippen molar-refractivity contribution < 1.29 is 9.15 Å². The Hall–Kier alpha value is -2.11. The summed E-state index contributed by atoms with van der Waals surface area (Å²) in [6.07, 6.45) is 2.96. The van der Waals surface area contributed by atoms with Crippen LogP contribution in [0.25, 0.3) is 11.0 Å². The van der Waals surface area contributed by atoms with Gasteiger partial charge in [0.2, 0.25) is 0 Å². The molecule has 0 spiro atoms. The van der Waals surface area contributed by atoms with Crippen molar-refractivity contribution in [3.8, 4) is 0 Å². The van der Waals surface area contributed by atoms with Crippen LogP contribution in [0.5, 0.6) is 0 Å². The highest BCUT2D eigenvalue weighted by Gasteiger charge is 2.35. The van der Waals surface area contributed by atoms with Gasteiger partial charge in [0.1, 0.15) is 11.4 Å². The highest BCUT2D eigenvalue weighted by atomic mass is 16.5. The molecule has 2 atom stereocenters. The third kappa shape index (κ3) is 2.74. The summed E-state index contributed by atoms with van der Waals surface area (Å²) in [7, 11) is 1.79. The van der Waals surface area contributed by atoms with Crippen LogP contribution in [0.4, 0.5) is 0 Å². The molecule has 126 valence electrons. The highest BCUT2D eigenvalue weighted by Crippen LogP contribution is 2.34. The van der Waals surface area contributed by atoms with Crippen LogP contribution in [0.2, 0.25) is 0 Å². The molecule has 0 amide bonds. The number of aryl methyl sites for hydroxylation is 2. The molecule has 1 saturated heterocycles. The molecule has 0 saturated carbocycles. The van der Waals surface area contributed by atoms with Gasteiger partial charge in [0.05, 0.1) is 24.1 Å². The first-order chi connectivity index (χ1) is 11.6. The summed E-state index contributed by atoms with van der Waals surface area (Å²) in [5.41, 5.74) is 4.44. The number of hydrogen-bond donors (Lipinski definition) is 1. The number of ether oxygens (including phenoxy) is 1. The van der Waals surface area contributed by atoms with Gasteiger partial charge >= 0.3 is 0 Å². The monoisotopic (exact) mass is 325 g/mol. The minimum absolute atomic E-state index is 0.248. The largest absolute Gasteiger partial charge is 0.464 e. The van der Waals surface area contributed by atoms with E-state index >= 15 is 0 Å². The zero-order valence-corrected chi connectivity index (χ0v) is 14.4. The molecule has 1 aliphatic heterocycles. The fourth-order valence-electron chi connectivity index (χ4n) is 3.57. The second-order valence-electron chi connectivity index (χ2n) is 6.66. The van der Waals surface area contributed by atoms with Crippen LogP contribution in [0, 0.1) is 13.8 Å². The average Bonchev–Trinajstić information content (AvgIpc) is 3.26. The molecule has 1 fully saturated rings. The predicted molar refractivity (Wildman–Crippen MR) is 92.8 cm³/mol. The molecule has 0 bridgehead atoms. The fraction of sp³-hybridized carbons (Fsp3) is 0.421. The molecule has 1 N–H and O–H groups in total. The van der Waals surface area contributed by atoms with Gasteiger partial charge in [0.25, 0.3) is 0 Å². The second-order valence-corrected chi connectivity index (χ2v) is 6.66. The summed E-state index contributed by atoms with van der Waals surface area (Å²) in [6.45, 7) is 5.93. The molecular formula is C19H23N3O2. The maximum atomic E-state index is 5.63. The first kappa shape index (κ1) is 15.4. The number of benzene rings is 1. The summed E-state index contributed by atoms with van der Waals surface area (Å²) >= 11 is 0. The Bertz CT molecular complexity index is 832. The van der Waals surface area contributed by atoms with Crippen LogP contribution < -0.4 is 0 Å². The normalized spacial score (nSPS) is 21.8. The summed E-state index contributed by atoms with van der Waals surface area (Å²) in [6, 6.07) is 8.67. The lowest BCUT2D eigenvalue weighted by Gasteiger charge is -2.22. The number of likely N-dealkylation sites (tertiary alicyclic amines) is 1. The molecule has 1 aromatic carbocycles. The minimum atomic E-state index is 0.248. The quantitative estimate of drug-likeness (QED) is 0.794. The predicted octanol–water partition coefficient (Wildman–Crippen LogP) is 3.73. The van der Waals surface area contributed by atoms with Gasteiger partial charge in [0, 0.05) is 31.3 Å². The summed E-state index contributed by atoms with van der Waals surface area (Å²) < 4.78 is 11.1. The third-order valence-electron chi connectivity index (χ3n) is 5.06. The molecule has 3 heterocycles. The maximum Gasteiger partial charge on any atom is 0.133 e. The van der Waals surface area contributed by atoms with Crippen molar-refractivity contribution in [1.29, 1.82) is 0 Å². The van der Waals surface area contributed by atoms with Crippen molar-refractivity contribution in [3.05, 3.63) is 53.3 Å². The molecule has 5 heteroatoms. The minimum Gasteiger partial charge on any atom is -0.464 e. The lowest BCUT2D eigenvalue weighted by atomic mass is 10.1. The lowest BCUT2D eigenvalue weighted by Crippen LogP contribution is -2.25. The van der Waals surface area contributed by atoms with E-state index in [9.17, 15) is 0 Å². The molecule has 3 aromatic rings. The van der Waals surface area contributed by atoms with Crippen LogP contribution in [0.1, 0.15) is 35.2 Å². The standard InChI is InChI=1S/C19H23N3O2/c1-12-13(2)21-19(20-12)17-9-16(23-3)11-22(17)10-14-4-5-18-15(8-14)6-7-24-18/h4-8,16-17H,9-11H2,1-3H3,(H,20,21)/t16-,17+/m1/s1. The number of H-pyrrole nitrogens is 1. The van der Waals surface area contributed by atoms with E-state index in [1.807, 2.05) is 12.1 Å². The SMILES string of the molecule is CO[C@@H]1C[C@@H](c2nc(C)c(C)[nH]2)N(Cc2ccc3occc3c2)C1. The van der Waals surface area contributed by atoms with Gasteiger partial charge in [-0.05, 0) is 44.0 Å². The van der Waals surface area contributed by atoms with E-state index in [1.165, 1.54) is 5.56 Å². The Morgan fingerprint density at radius 2 is 2.21 bits per heavy atom. The third-order valence-corrected chi connectivity index (χ3v) is 5.06. The van der Waals surface area contributed by atoms with Crippen LogP contribution in [-0.2, 0) is 11.3 Å². The second kappa shape index (κ2) is 6.07. The fourth-order valence-corrected chi connectivity index (χ4v) is 3.57. The van der Waals surface area contributed by atoms with Crippen LogP contribution in [-0.4, -0.2) is 34.6 Å². The van der Waals surface area contributed by atoms with Crippen molar-refractivity contribution in [3.63, 3.8) is 0 Å². The lowest BCUT2D eigenvalue weighted by molar-refractivity contribution is 0.107. The summed E-state index contributed by atoms with van der Waals surface area (Å²) in [5, 5.41) is 1.15. The number of methoxy groups -OCH3 is 1. The van der Waals surface area contributed by atoms with Crippen molar-refractivity contribution in [2.75, 3.05) is 13.7 Å². The van der Waals surface area contributed by atoms with E-state index in [1.54, 1.807) is 13.4 Å². The molecule has 4 rings (SSSR count). The number of aromatic amines is 1. The number of nitrogens with one attached hydrogen (secondary N) is 1. The van der Waals surface area contributed by atoms with Crippen LogP contribution >= 0.6 is 0 Å². The van der Waals surface area contributed by atoms with E-state index in [0.29, 0.717) is 0 Å². The van der Waals surface area contributed by atoms with Gasteiger partial charge in [0.15, 0.2) is 0 Å². The van der Waals surface area contributed by atoms with E-state index in [-0.39, 0.29) is 12.1 Å². The number of imidazole rings is 1. The number of nitrogens with zero attached hydrogens (tertiary/aromatic N) is 2. The molecular weight excluding hydrogens is 302 g/mol. The van der Waals surface area contributed by atoms with E-state index < -0.39 is 0 Å². The molecule has 5 nitrogen and oxygen atoms in total. The molecule has 2 aromatic heterocycles. The van der Waals surface area contributed by atoms with Crippen molar-refractivity contribution in [2.24, 2.45) is 0 Å². The molecule has 24 heavy (non-hydrogen) atoms. The van der Waals surface area contributed by atoms with Crippen molar-refractivity contribution in [2.45, 2.75) is 39.0 Å². The Morgan fingerprint density at radius 1 is 1.33 bits per heavy atom.